The molecule has 0 aliphatic carbocycles. The summed E-state index contributed by atoms with van der Waals surface area (Å²) in [6.45, 7) is 3.61. The highest BCUT2D eigenvalue weighted by atomic mass is 32.2. The lowest BCUT2D eigenvalue weighted by atomic mass is 9.98. The largest absolute Gasteiger partial charge is 0.349 e. The van der Waals surface area contributed by atoms with Crippen molar-refractivity contribution in [2.75, 3.05) is 19.3 Å². The van der Waals surface area contributed by atoms with E-state index >= 15 is 0 Å². The molecule has 5 nitrogen and oxygen atoms in total. The lowest BCUT2D eigenvalue weighted by Gasteiger charge is -2.24. The zero-order valence-electron chi connectivity index (χ0n) is 12.4. The molecule has 0 radical (unpaired) electrons. The first-order valence-electron chi connectivity index (χ1n) is 7.19. The van der Waals surface area contributed by atoms with Gasteiger partial charge in [0.05, 0.1) is 16.9 Å². The number of amides is 1. The average molecular weight is 310 g/mol. The first-order chi connectivity index (χ1) is 9.88. The van der Waals surface area contributed by atoms with Gasteiger partial charge in [-0.1, -0.05) is 12.1 Å². The zero-order valence-corrected chi connectivity index (χ0v) is 13.2. The molecule has 2 N–H and O–H groups in total. The summed E-state index contributed by atoms with van der Waals surface area (Å²) < 4.78 is 22.8. The molecule has 0 spiro atoms. The number of nitrogens with one attached hydrogen (secondary N) is 2. The number of piperidine rings is 1. The van der Waals surface area contributed by atoms with Gasteiger partial charge in [0.2, 0.25) is 5.91 Å². The molecule has 1 saturated heterocycles. The maximum Gasteiger partial charge on any atom is 0.224 e. The molecular weight excluding hydrogens is 288 g/mol. The van der Waals surface area contributed by atoms with E-state index in [4.69, 9.17) is 0 Å². The smallest absolute Gasteiger partial charge is 0.224 e. The van der Waals surface area contributed by atoms with Crippen molar-refractivity contribution < 1.29 is 13.2 Å². The Morgan fingerprint density at radius 1 is 1.33 bits per heavy atom. The molecule has 0 bridgehead atoms. The number of hydrogen-bond donors (Lipinski definition) is 2. The van der Waals surface area contributed by atoms with E-state index in [9.17, 15) is 13.2 Å². The number of carbonyl (C=O) groups is 1. The molecule has 21 heavy (non-hydrogen) atoms. The molecule has 0 saturated carbocycles. The van der Waals surface area contributed by atoms with Gasteiger partial charge < -0.3 is 10.6 Å². The fraction of sp³-hybridized carbons (Fsp3) is 0.533. The van der Waals surface area contributed by atoms with E-state index < -0.39 is 9.84 Å². The third-order valence-corrected chi connectivity index (χ3v) is 4.96. The molecule has 0 aromatic heterocycles. The maximum atomic E-state index is 12.2. The van der Waals surface area contributed by atoms with Gasteiger partial charge in [0, 0.05) is 12.8 Å². The van der Waals surface area contributed by atoms with Crippen LogP contribution in [0.15, 0.2) is 29.2 Å². The predicted molar refractivity (Wildman–Crippen MR) is 81.7 cm³/mol. The van der Waals surface area contributed by atoms with Crippen molar-refractivity contribution in [3.8, 4) is 0 Å². The van der Waals surface area contributed by atoms with Crippen molar-refractivity contribution in [3.63, 3.8) is 0 Å². The van der Waals surface area contributed by atoms with E-state index in [2.05, 4.69) is 10.6 Å². The molecular formula is C15H22N2O3S. The van der Waals surface area contributed by atoms with Crippen LogP contribution in [0.25, 0.3) is 0 Å². The maximum absolute atomic E-state index is 12.2. The summed E-state index contributed by atoms with van der Waals surface area (Å²) in [5, 5.41) is 6.22. The van der Waals surface area contributed by atoms with Crippen LogP contribution >= 0.6 is 0 Å². The Morgan fingerprint density at radius 2 is 2.00 bits per heavy atom. The van der Waals surface area contributed by atoms with Crippen molar-refractivity contribution in [1.29, 1.82) is 0 Å². The molecule has 2 unspecified atom stereocenters. The monoisotopic (exact) mass is 310 g/mol. The van der Waals surface area contributed by atoms with Crippen LogP contribution in [0, 0.1) is 5.92 Å². The third kappa shape index (κ3) is 4.28. The van der Waals surface area contributed by atoms with Gasteiger partial charge in [0.1, 0.15) is 0 Å². The third-order valence-electron chi connectivity index (χ3n) is 3.83. The zero-order chi connectivity index (χ0) is 15.5. The average Bonchev–Trinajstić information content (AvgIpc) is 2.47. The van der Waals surface area contributed by atoms with Gasteiger partial charge in [-0.15, -0.1) is 0 Å². The van der Waals surface area contributed by atoms with Crippen molar-refractivity contribution in [2.45, 2.75) is 30.7 Å². The van der Waals surface area contributed by atoms with Crippen LogP contribution in [-0.2, 0) is 14.6 Å². The first kappa shape index (κ1) is 16.0. The van der Waals surface area contributed by atoms with E-state index in [1.54, 1.807) is 24.3 Å². The SMILES string of the molecule is CC(NC(=O)C1CCCNC1)c1ccc(S(C)(=O)=O)cc1. The molecule has 1 aromatic carbocycles. The van der Waals surface area contributed by atoms with Crippen LogP contribution in [-0.4, -0.2) is 33.7 Å². The normalized spacial score (nSPS) is 20.8. The Hall–Kier alpha value is -1.40. The molecule has 6 heteroatoms. The Bertz CT molecular complexity index is 590. The highest BCUT2D eigenvalue weighted by molar-refractivity contribution is 7.90. The van der Waals surface area contributed by atoms with Crippen molar-refractivity contribution in [3.05, 3.63) is 29.8 Å². The van der Waals surface area contributed by atoms with E-state index in [1.807, 2.05) is 6.92 Å². The van der Waals surface area contributed by atoms with Crippen LogP contribution in [0.2, 0.25) is 0 Å². The minimum absolute atomic E-state index is 0.0245. The van der Waals surface area contributed by atoms with Crippen LogP contribution < -0.4 is 10.6 Å². The van der Waals surface area contributed by atoms with Gasteiger partial charge in [-0.2, -0.15) is 0 Å². The molecule has 2 atom stereocenters. The Balaban J connectivity index is 1.99. The lowest BCUT2D eigenvalue weighted by Crippen LogP contribution is -2.41. The van der Waals surface area contributed by atoms with Gasteiger partial charge in [-0.3, -0.25) is 4.79 Å². The van der Waals surface area contributed by atoms with Crippen molar-refractivity contribution in [2.24, 2.45) is 5.92 Å². The number of benzene rings is 1. The Kier molecular flexibility index (Phi) is 5.00. The van der Waals surface area contributed by atoms with Gasteiger partial charge >= 0.3 is 0 Å². The molecule has 116 valence electrons. The summed E-state index contributed by atoms with van der Waals surface area (Å²) in [5.41, 5.74) is 0.902. The van der Waals surface area contributed by atoms with E-state index in [0.29, 0.717) is 4.90 Å². The van der Waals surface area contributed by atoms with E-state index in [-0.39, 0.29) is 17.9 Å². The summed E-state index contributed by atoms with van der Waals surface area (Å²) in [4.78, 5) is 12.5. The molecule has 1 heterocycles. The van der Waals surface area contributed by atoms with Gasteiger partial charge in [-0.25, -0.2) is 8.42 Å². The van der Waals surface area contributed by atoms with E-state index in [0.717, 1.165) is 31.5 Å². The van der Waals surface area contributed by atoms with Crippen LogP contribution in [0.3, 0.4) is 0 Å². The number of sulfone groups is 1. The standard InChI is InChI=1S/C15H22N2O3S/c1-11(17-15(18)13-4-3-9-16-10-13)12-5-7-14(8-6-12)21(2,19)20/h5-8,11,13,16H,3-4,9-10H2,1-2H3,(H,17,18). The number of hydrogen-bond acceptors (Lipinski definition) is 4. The molecule has 1 aliphatic heterocycles. The molecule has 1 aromatic rings. The summed E-state index contributed by atoms with van der Waals surface area (Å²) in [5.74, 6) is 0.0818. The van der Waals surface area contributed by atoms with Gasteiger partial charge in [0.25, 0.3) is 0 Å². The predicted octanol–water partition coefficient (Wildman–Crippen LogP) is 1.27. The fourth-order valence-electron chi connectivity index (χ4n) is 2.49. The fourth-order valence-corrected chi connectivity index (χ4v) is 3.12. The summed E-state index contributed by atoms with van der Waals surface area (Å²) in [7, 11) is -3.18. The van der Waals surface area contributed by atoms with Gasteiger partial charge in [0.15, 0.2) is 9.84 Å². The van der Waals surface area contributed by atoms with Crippen molar-refractivity contribution >= 4 is 15.7 Å². The van der Waals surface area contributed by atoms with E-state index in [1.165, 1.54) is 6.26 Å². The lowest BCUT2D eigenvalue weighted by molar-refractivity contribution is -0.126. The Labute approximate surface area is 126 Å². The second kappa shape index (κ2) is 6.58. The highest BCUT2D eigenvalue weighted by Crippen LogP contribution is 2.18. The summed E-state index contributed by atoms with van der Waals surface area (Å²) in [6.07, 6.45) is 3.12. The molecule has 1 amide bonds. The van der Waals surface area contributed by atoms with Crippen LogP contribution in [0.4, 0.5) is 0 Å². The second-order valence-corrected chi connectivity index (χ2v) is 7.63. The Morgan fingerprint density at radius 3 is 2.52 bits per heavy atom. The molecule has 2 rings (SSSR count). The van der Waals surface area contributed by atoms with Crippen LogP contribution in [0.1, 0.15) is 31.4 Å². The summed E-state index contributed by atoms with van der Waals surface area (Å²) >= 11 is 0. The number of rotatable bonds is 4. The minimum Gasteiger partial charge on any atom is -0.349 e. The second-order valence-electron chi connectivity index (χ2n) is 5.61. The van der Waals surface area contributed by atoms with Crippen molar-refractivity contribution in [1.82, 2.24) is 10.6 Å². The molecule has 1 aliphatic rings. The van der Waals surface area contributed by atoms with Crippen LogP contribution in [0.5, 0.6) is 0 Å². The first-order valence-corrected chi connectivity index (χ1v) is 9.08. The number of carbonyl (C=O) groups excluding carboxylic acids is 1. The minimum atomic E-state index is -3.18. The topological polar surface area (TPSA) is 75.3 Å². The molecule has 1 fully saturated rings. The highest BCUT2D eigenvalue weighted by Gasteiger charge is 2.22. The quantitative estimate of drug-likeness (QED) is 0.878. The van der Waals surface area contributed by atoms with Gasteiger partial charge in [-0.05, 0) is 44.0 Å². The summed E-state index contributed by atoms with van der Waals surface area (Å²) in [6, 6.07) is 6.53.